The highest BCUT2D eigenvalue weighted by Gasteiger charge is 2.23. The molecule has 2 aromatic carbocycles. The maximum absolute atomic E-state index is 12.8. The van der Waals surface area contributed by atoms with Crippen LogP contribution in [0.4, 0.5) is 0 Å². The van der Waals surface area contributed by atoms with Crippen LogP contribution < -0.4 is 5.32 Å². The summed E-state index contributed by atoms with van der Waals surface area (Å²) in [7, 11) is 0. The van der Waals surface area contributed by atoms with E-state index in [9.17, 15) is 4.79 Å². The Morgan fingerprint density at radius 2 is 1.96 bits per heavy atom. The Morgan fingerprint density at radius 1 is 1.20 bits per heavy atom. The smallest absolute Gasteiger partial charge is 0.268 e. The Balaban J connectivity index is 1.58. The number of rotatable bonds is 4. The highest BCUT2D eigenvalue weighted by atomic mass is 32.2. The number of aryl methyl sites for hydroxylation is 1. The van der Waals surface area contributed by atoms with E-state index in [0.717, 1.165) is 29.6 Å². The van der Waals surface area contributed by atoms with E-state index in [1.165, 1.54) is 16.0 Å². The maximum Gasteiger partial charge on any atom is 0.268 e. The van der Waals surface area contributed by atoms with Crippen LogP contribution in [0.15, 0.2) is 53.4 Å². The molecule has 0 fully saturated rings. The van der Waals surface area contributed by atoms with Crippen molar-refractivity contribution in [3.63, 3.8) is 0 Å². The van der Waals surface area contributed by atoms with Crippen molar-refractivity contribution in [2.45, 2.75) is 43.5 Å². The van der Waals surface area contributed by atoms with E-state index in [1.54, 1.807) is 0 Å². The predicted octanol–water partition coefficient (Wildman–Crippen LogP) is 4.63. The van der Waals surface area contributed by atoms with Crippen LogP contribution in [0.25, 0.3) is 10.9 Å². The fraction of sp³-hybridized carbons (Fsp3) is 0.286. The first-order chi connectivity index (χ1) is 12.2. The maximum atomic E-state index is 12.8. The van der Waals surface area contributed by atoms with Gasteiger partial charge in [0.05, 0.1) is 5.52 Å². The first kappa shape index (κ1) is 16.3. The van der Waals surface area contributed by atoms with Crippen molar-refractivity contribution in [3.8, 4) is 0 Å². The van der Waals surface area contributed by atoms with Gasteiger partial charge in [0.15, 0.2) is 0 Å². The number of carbonyl (C=O) groups is 1. The summed E-state index contributed by atoms with van der Waals surface area (Å²) in [6.07, 6.45) is 1.03. The van der Waals surface area contributed by atoms with Gasteiger partial charge in [-0.05, 0) is 29.7 Å². The van der Waals surface area contributed by atoms with Gasteiger partial charge in [-0.15, -0.1) is 11.8 Å². The van der Waals surface area contributed by atoms with Gasteiger partial charge in [-0.25, -0.2) is 0 Å². The molecule has 2 heterocycles. The van der Waals surface area contributed by atoms with Gasteiger partial charge >= 0.3 is 0 Å². The van der Waals surface area contributed by atoms with Crippen molar-refractivity contribution in [1.29, 1.82) is 0 Å². The molecule has 1 atom stereocenters. The summed E-state index contributed by atoms with van der Waals surface area (Å²) in [4.78, 5) is 14.1. The SMILES string of the molecule is CCc1ccc(CNC(=O)c2cc3cccc4c3n2C[C@@H](C)S4)cc1. The molecule has 0 bridgehead atoms. The minimum atomic E-state index is 0.000757. The van der Waals surface area contributed by atoms with Crippen molar-refractivity contribution in [2.75, 3.05) is 0 Å². The van der Waals surface area contributed by atoms with Crippen LogP contribution in [0, 0.1) is 0 Å². The zero-order chi connectivity index (χ0) is 17.4. The second-order valence-corrected chi connectivity index (χ2v) is 8.10. The van der Waals surface area contributed by atoms with E-state index in [1.807, 2.05) is 17.8 Å². The van der Waals surface area contributed by atoms with Crippen molar-refractivity contribution in [1.82, 2.24) is 9.88 Å². The van der Waals surface area contributed by atoms with E-state index in [2.05, 4.69) is 66.2 Å². The number of para-hydroxylation sites is 1. The third kappa shape index (κ3) is 3.07. The van der Waals surface area contributed by atoms with Gasteiger partial charge in [0.1, 0.15) is 5.69 Å². The van der Waals surface area contributed by atoms with Gasteiger partial charge in [-0.2, -0.15) is 0 Å². The molecule has 1 N–H and O–H groups in total. The second-order valence-electron chi connectivity index (χ2n) is 6.62. The summed E-state index contributed by atoms with van der Waals surface area (Å²) in [6, 6.07) is 16.8. The van der Waals surface area contributed by atoms with E-state index < -0.39 is 0 Å². The van der Waals surface area contributed by atoms with Crippen molar-refractivity contribution in [2.24, 2.45) is 0 Å². The minimum Gasteiger partial charge on any atom is -0.347 e. The van der Waals surface area contributed by atoms with Crippen LogP contribution in [-0.2, 0) is 19.5 Å². The van der Waals surface area contributed by atoms with Crippen LogP contribution in [0.3, 0.4) is 0 Å². The van der Waals surface area contributed by atoms with Crippen molar-refractivity contribution >= 4 is 28.6 Å². The van der Waals surface area contributed by atoms with Crippen molar-refractivity contribution < 1.29 is 4.79 Å². The molecule has 0 unspecified atom stereocenters. The highest BCUT2D eigenvalue weighted by molar-refractivity contribution is 8.00. The lowest BCUT2D eigenvalue weighted by molar-refractivity contribution is 0.0942. The molecule has 0 spiro atoms. The molecule has 4 heteroatoms. The third-order valence-electron chi connectivity index (χ3n) is 4.77. The molecule has 0 radical (unpaired) electrons. The van der Waals surface area contributed by atoms with E-state index >= 15 is 0 Å². The van der Waals surface area contributed by atoms with Gasteiger partial charge in [0.2, 0.25) is 0 Å². The number of thioether (sulfide) groups is 1. The molecule has 3 nitrogen and oxygen atoms in total. The lowest BCUT2D eigenvalue weighted by Crippen LogP contribution is -2.27. The molecule has 1 amide bonds. The Hall–Kier alpha value is -2.20. The monoisotopic (exact) mass is 350 g/mol. The minimum absolute atomic E-state index is 0.000757. The first-order valence-electron chi connectivity index (χ1n) is 8.80. The Bertz CT molecular complexity index is 927. The normalized spacial score (nSPS) is 16.2. The Labute approximate surface area is 152 Å². The first-order valence-corrected chi connectivity index (χ1v) is 9.68. The van der Waals surface area contributed by atoms with Gasteiger partial charge in [-0.3, -0.25) is 4.79 Å². The summed E-state index contributed by atoms with van der Waals surface area (Å²) >= 11 is 1.89. The number of benzene rings is 2. The zero-order valence-electron chi connectivity index (χ0n) is 14.6. The average Bonchev–Trinajstić information content (AvgIpc) is 3.00. The summed E-state index contributed by atoms with van der Waals surface area (Å²) < 4.78 is 2.18. The molecular weight excluding hydrogens is 328 g/mol. The second kappa shape index (κ2) is 6.60. The van der Waals surface area contributed by atoms with Crippen LogP contribution >= 0.6 is 11.8 Å². The van der Waals surface area contributed by atoms with Crippen LogP contribution in [0.5, 0.6) is 0 Å². The fourth-order valence-corrected chi connectivity index (χ4v) is 4.59. The molecule has 0 saturated heterocycles. The number of nitrogens with zero attached hydrogens (tertiary/aromatic N) is 1. The lowest BCUT2D eigenvalue weighted by atomic mass is 10.1. The topological polar surface area (TPSA) is 34.0 Å². The van der Waals surface area contributed by atoms with Crippen LogP contribution in [0.1, 0.15) is 35.5 Å². The summed E-state index contributed by atoms with van der Waals surface area (Å²) in [6.45, 7) is 5.79. The molecule has 4 rings (SSSR count). The Morgan fingerprint density at radius 3 is 2.72 bits per heavy atom. The molecule has 128 valence electrons. The standard InChI is InChI=1S/C21H22N2OS/c1-3-15-7-9-16(10-8-15)12-22-21(24)18-11-17-5-4-6-19-20(17)23(18)13-14(2)25-19/h4-11,14H,3,12-13H2,1-2H3,(H,22,24)/t14-/m1/s1. The van der Waals surface area contributed by atoms with Crippen LogP contribution in [-0.4, -0.2) is 15.7 Å². The summed E-state index contributed by atoms with van der Waals surface area (Å²) in [5, 5.41) is 4.70. The van der Waals surface area contributed by atoms with E-state index in [-0.39, 0.29) is 5.91 Å². The number of hydrogen-bond donors (Lipinski definition) is 1. The summed E-state index contributed by atoms with van der Waals surface area (Å²) in [5.41, 5.74) is 4.41. The molecular formula is C21H22N2OS. The average molecular weight is 350 g/mol. The zero-order valence-corrected chi connectivity index (χ0v) is 15.4. The molecule has 1 aromatic heterocycles. The number of hydrogen-bond acceptors (Lipinski definition) is 2. The van der Waals surface area contributed by atoms with Gasteiger partial charge < -0.3 is 9.88 Å². The van der Waals surface area contributed by atoms with E-state index in [4.69, 9.17) is 0 Å². The fourth-order valence-electron chi connectivity index (χ4n) is 3.44. The molecule has 1 aliphatic heterocycles. The third-order valence-corrected chi connectivity index (χ3v) is 5.90. The van der Waals surface area contributed by atoms with Crippen molar-refractivity contribution in [3.05, 3.63) is 65.4 Å². The molecule has 0 aliphatic carbocycles. The van der Waals surface area contributed by atoms with E-state index in [0.29, 0.717) is 11.8 Å². The quantitative estimate of drug-likeness (QED) is 0.744. The molecule has 0 saturated carbocycles. The molecule has 3 aromatic rings. The Kier molecular flexibility index (Phi) is 4.30. The van der Waals surface area contributed by atoms with Gasteiger partial charge in [0, 0.05) is 28.6 Å². The number of amides is 1. The van der Waals surface area contributed by atoms with Crippen LogP contribution in [0.2, 0.25) is 0 Å². The predicted molar refractivity (Wildman–Crippen MR) is 104 cm³/mol. The highest BCUT2D eigenvalue weighted by Crippen LogP contribution is 2.38. The summed E-state index contributed by atoms with van der Waals surface area (Å²) in [5.74, 6) is 0.000757. The largest absolute Gasteiger partial charge is 0.347 e. The number of nitrogens with one attached hydrogen (secondary N) is 1. The number of aromatic nitrogens is 1. The molecule has 25 heavy (non-hydrogen) atoms. The molecule has 1 aliphatic rings. The number of carbonyl (C=O) groups excluding carboxylic acids is 1. The van der Waals surface area contributed by atoms with Gasteiger partial charge in [0.25, 0.3) is 5.91 Å². The van der Waals surface area contributed by atoms with Gasteiger partial charge in [-0.1, -0.05) is 50.2 Å². The lowest BCUT2D eigenvalue weighted by Gasteiger charge is -2.22.